The van der Waals surface area contributed by atoms with Crippen molar-refractivity contribution in [2.24, 2.45) is 0 Å². The first-order valence-corrected chi connectivity index (χ1v) is 7.62. The summed E-state index contributed by atoms with van der Waals surface area (Å²) in [6.45, 7) is 8.80. The largest absolute Gasteiger partial charge is 0.368 e. The van der Waals surface area contributed by atoms with Crippen LogP contribution < -0.4 is 10.2 Å². The summed E-state index contributed by atoms with van der Waals surface area (Å²) in [4.78, 5) is 4.92. The van der Waals surface area contributed by atoms with Crippen molar-refractivity contribution in [3.63, 3.8) is 0 Å². The van der Waals surface area contributed by atoms with Gasteiger partial charge < -0.3 is 10.2 Å². The van der Waals surface area contributed by atoms with Crippen molar-refractivity contribution < 1.29 is 0 Å². The molecule has 2 rings (SSSR count). The number of hydrogen-bond acceptors (Lipinski definition) is 3. The van der Waals surface area contributed by atoms with Crippen LogP contribution in [0.1, 0.15) is 19.4 Å². The Kier molecular flexibility index (Phi) is 4.54. The van der Waals surface area contributed by atoms with Crippen LogP contribution in [0.3, 0.4) is 0 Å². The minimum absolute atomic E-state index is 0.231. The zero-order valence-electron chi connectivity index (χ0n) is 12.3. The van der Waals surface area contributed by atoms with Gasteiger partial charge in [-0.2, -0.15) is 0 Å². The lowest BCUT2D eigenvalue weighted by Crippen LogP contribution is -2.57. The summed E-state index contributed by atoms with van der Waals surface area (Å²) in [6.07, 6.45) is 0. The van der Waals surface area contributed by atoms with Crippen molar-refractivity contribution in [3.8, 4) is 0 Å². The van der Waals surface area contributed by atoms with Gasteiger partial charge in [-0.1, -0.05) is 22.0 Å². The van der Waals surface area contributed by atoms with Crippen molar-refractivity contribution in [3.05, 3.63) is 28.2 Å². The van der Waals surface area contributed by atoms with Gasteiger partial charge >= 0.3 is 0 Å². The van der Waals surface area contributed by atoms with E-state index < -0.39 is 0 Å². The SMILES string of the molecule is CNCc1ccc(N2CCN(C)C(C)(C)C2)cc1Br. The molecule has 0 atom stereocenters. The highest BCUT2D eigenvalue weighted by Gasteiger charge is 2.31. The molecule has 1 heterocycles. The number of nitrogens with one attached hydrogen (secondary N) is 1. The maximum Gasteiger partial charge on any atom is 0.0378 e. The highest BCUT2D eigenvalue weighted by Crippen LogP contribution is 2.28. The first-order valence-electron chi connectivity index (χ1n) is 6.83. The first kappa shape index (κ1) is 14.8. The quantitative estimate of drug-likeness (QED) is 0.921. The van der Waals surface area contributed by atoms with Crippen LogP contribution in [-0.2, 0) is 6.54 Å². The number of benzene rings is 1. The third kappa shape index (κ3) is 3.30. The molecule has 0 radical (unpaired) electrons. The molecule has 4 heteroatoms. The van der Waals surface area contributed by atoms with Crippen LogP contribution in [-0.4, -0.2) is 44.2 Å². The molecule has 3 nitrogen and oxygen atoms in total. The second kappa shape index (κ2) is 5.81. The Morgan fingerprint density at radius 2 is 2.05 bits per heavy atom. The standard InChI is InChI=1S/C15H24BrN3/c1-15(2)11-19(8-7-18(15)4)13-6-5-12(10-17-3)14(16)9-13/h5-6,9,17H,7-8,10-11H2,1-4H3. The van der Waals surface area contributed by atoms with Crippen LogP contribution in [0.2, 0.25) is 0 Å². The molecular formula is C15H24BrN3. The lowest BCUT2D eigenvalue weighted by atomic mass is 9.99. The highest BCUT2D eigenvalue weighted by molar-refractivity contribution is 9.10. The van der Waals surface area contributed by atoms with E-state index in [1.165, 1.54) is 15.7 Å². The van der Waals surface area contributed by atoms with E-state index >= 15 is 0 Å². The summed E-state index contributed by atoms with van der Waals surface area (Å²) in [5, 5.41) is 3.19. The summed E-state index contributed by atoms with van der Waals surface area (Å²) in [6, 6.07) is 6.69. The van der Waals surface area contributed by atoms with E-state index in [-0.39, 0.29) is 5.54 Å². The summed E-state index contributed by atoms with van der Waals surface area (Å²) in [5.41, 5.74) is 2.85. The third-order valence-electron chi connectivity index (χ3n) is 4.09. The Balaban J connectivity index is 2.16. The van der Waals surface area contributed by atoms with Crippen LogP contribution in [0.5, 0.6) is 0 Å². The summed E-state index contributed by atoms with van der Waals surface area (Å²) >= 11 is 3.68. The van der Waals surface area contributed by atoms with Crippen LogP contribution in [0.25, 0.3) is 0 Å². The molecular weight excluding hydrogens is 302 g/mol. The Bertz CT molecular complexity index is 445. The van der Waals surface area contributed by atoms with Gasteiger partial charge in [0.05, 0.1) is 0 Å². The molecule has 0 unspecified atom stereocenters. The van der Waals surface area contributed by atoms with Crippen LogP contribution in [0, 0.1) is 0 Å². The number of piperazine rings is 1. The van der Waals surface area contributed by atoms with Gasteiger partial charge in [-0.25, -0.2) is 0 Å². The van der Waals surface area contributed by atoms with Crippen LogP contribution in [0.15, 0.2) is 22.7 Å². The van der Waals surface area contributed by atoms with Gasteiger partial charge in [-0.05, 0) is 45.6 Å². The zero-order chi connectivity index (χ0) is 14.0. The molecule has 1 saturated heterocycles. The molecule has 0 aromatic heterocycles. The Morgan fingerprint density at radius 1 is 1.32 bits per heavy atom. The van der Waals surface area contributed by atoms with Crippen molar-refractivity contribution in [2.45, 2.75) is 25.9 Å². The second-order valence-corrected chi connectivity index (χ2v) is 6.82. The second-order valence-electron chi connectivity index (χ2n) is 5.96. The molecule has 1 aromatic carbocycles. The maximum atomic E-state index is 3.68. The molecule has 1 aliphatic heterocycles. The van der Waals surface area contributed by atoms with Gasteiger partial charge in [-0.15, -0.1) is 0 Å². The minimum atomic E-state index is 0.231. The van der Waals surface area contributed by atoms with Gasteiger partial charge in [-0.3, -0.25) is 4.90 Å². The summed E-state index contributed by atoms with van der Waals surface area (Å²) in [7, 11) is 4.19. The molecule has 1 N–H and O–H groups in total. The molecule has 0 spiro atoms. The Labute approximate surface area is 125 Å². The molecule has 0 saturated carbocycles. The molecule has 0 aliphatic carbocycles. The van der Waals surface area contributed by atoms with Crippen molar-refractivity contribution >= 4 is 21.6 Å². The molecule has 1 aromatic rings. The molecule has 19 heavy (non-hydrogen) atoms. The van der Waals surface area contributed by atoms with E-state index in [4.69, 9.17) is 0 Å². The average Bonchev–Trinajstić information content (AvgIpc) is 2.35. The topological polar surface area (TPSA) is 18.5 Å². The Morgan fingerprint density at radius 3 is 2.63 bits per heavy atom. The van der Waals surface area contributed by atoms with Crippen molar-refractivity contribution in [1.82, 2.24) is 10.2 Å². The predicted octanol–water partition coefficient (Wildman–Crippen LogP) is 2.70. The van der Waals surface area contributed by atoms with Crippen molar-refractivity contribution in [1.29, 1.82) is 0 Å². The van der Waals surface area contributed by atoms with E-state index in [0.717, 1.165) is 26.2 Å². The predicted molar refractivity (Wildman–Crippen MR) is 85.8 cm³/mol. The molecule has 106 valence electrons. The zero-order valence-corrected chi connectivity index (χ0v) is 13.9. The summed E-state index contributed by atoms with van der Waals surface area (Å²) in [5.74, 6) is 0. The smallest absolute Gasteiger partial charge is 0.0378 e. The Hall–Kier alpha value is -0.580. The van der Waals surface area contributed by atoms with Gasteiger partial charge in [0.25, 0.3) is 0 Å². The van der Waals surface area contributed by atoms with E-state index in [1.54, 1.807) is 0 Å². The lowest BCUT2D eigenvalue weighted by Gasteiger charge is -2.46. The van der Waals surface area contributed by atoms with E-state index in [2.05, 4.69) is 70.1 Å². The molecule has 1 aliphatic rings. The fourth-order valence-corrected chi connectivity index (χ4v) is 3.03. The fraction of sp³-hybridized carbons (Fsp3) is 0.600. The minimum Gasteiger partial charge on any atom is -0.368 e. The summed E-state index contributed by atoms with van der Waals surface area (Å²) < 4.78 is 1.19. The average molecular weight is 326 g/mol. The van der Waals surface area contributed by atoms with Crippen LogP contribution >= 0.6 is 15.9 Å². The lowest BCUT2D eigenvalue weighted by molar-refractivity contribution is 0.139. The number of likely N-dealkylation sites (N-methyl/N-ethyl adjacent to an activating group) is 1. The highest BCUT2D eigenvalue weighted by atomic mass is 79.9. The number of halogens is 1. The van der Waals surface area contributed by atoms with Gasteiger partial charge in [0.1, 0.15) is 0 Å². The monoisotopic (exact) mass is 325 g/mol. The fourth-order valence-electron chi connectivity index (χ4n) is 2.53. The van der Waals surface area contributed by atoms with Gasteiger partial charge in [0.2, 0.25) is 0 Å². The molecule has 0 amide bonds. The number of nitrogens with zero attached hydrogens (tertiary/aromatic N) is 2. The third-order valence-corrected chi connectivity index (χ3v) is 4.82. The van der Waals surface area contributed by atoms with E-state index in [9.17, 15) is 0 Å². The number of rotatable bonds is 3. The molecule has 1 fully saturated rings. The number of hydrogen-bond donors (Lipinski definition) is 1. The number of anilines is 1. The van der Waals surface area contributed by atoms with E-state index in [0.29, 0.717) is 0 Å². The van der Waals surface area contributed by atoms with Crippen molar-refractivity contribution in [2.75, 3.05) is 38.6 Å². The first-order chi connectivity index (χ1) is 8.94. The normalized spacial score (nSPS) is 19.7. The van der Waals surface area contributed by atoms with Gasteiger partial charge in [0, 0.05) is 41.9 Å². The van der Waals surface area contributed by atoms with E-state index in [1.807, 2.05) is 7.05 Å². The maximum absolute atomic E-state index is 3.68. The molecule has 0 bridgehead atoms. The van der Waals surface area contributed by atoms with Crippen LogP contribution in [0.4, 0.5) is 5.69 Å². The van der Waals surface area contributed by atoms with Gasteiger partial charge in [0.15, 0.2) is 0 Å².